The maximum atomic E-state index is 10.6. The number of rotatable bonds is 5. The molecule has 5 heteroatoms. The van der Waals surface area contributed by atoms with E-state index < -0.39 is 0 Å². The Morgan fingerprint density at radius 3 is 1.26 bits per heavy atom. The van der Waals surface area contributed by atoms with Gasteiger partial charge in [0.1, 0.15) is 12.1 Å². The second-order valence-corrected chi connectivity index (χ2v) is 18.3. The van der Waals surface area contributed by atoms with Gasteiger partial charge in [-0.1, -0.05) is 157 Å². The Hall–Kier alpha value is -7.73. The van der Waals surface area contributed by atoms with E-state index in [1.807, 2.05) is 24.3 Å². The summed E-state index contributed by atoms with van der Waals surface area (Å²) in [5.41, 5.74) is 14.1. The van der Waals surface area contributed by atoms with Gasteiger partial charge >= 0.3 is 0 Å². The monoisotopic (exact) mass is 799 g/mol. The Balaban J connectivity index is 1.51. The van der Waals surface area contributed by atoms with E-state index in [1.165, 1.54) is 11.1 Å². The summed E-state index contributed by atoms with van der Waals surface area (Å²) in [6.07, 6.45) is 0. The summed E-state index contributed by atoms with van der Waals surface area (Å²) in [5.74, 6) is 0. The van der Waals surface area contributed by atoms with Crippen molar-refractivity contribution in [1.29, 1.82) is 10.5 Å². The van der Waals surface area contributed by atoms with Crippen LogP contribution in [0.25, 0.3) is 88.6 Å². The molecule has 3 heterocycles. The molecule has 0 unspecified atom stereocenters. The number of nitriles is 2. The van der Waals surface area contributed by atoms with E-state index in [0.717, 1.165) is 88.6 Å². The van der Waals surface area contributed by atoms with Crippen LogP contribution in [0.2, 0.25) is 0 Å². The smallest absolute Gasteiger partial charge is 0.101 e. The molecule has 0 atom stereocenters. The molecule has 3 aromatic heterocycles. The summed E-state index contributed by atoms with van der Waals surface area (Å²) in [6.45, 7) is 13.5. The van der Waals surface area contributed by atoms with Crippen LogP contribution in [0.3, 0.4) is 0 Å². The minimum absolute atomic E-state index is 0.0661. The van der Waals surface area contributed by atoms with Crippen molar-refractivity contribution in [2.45, 2.75) is 52.4 Å². The van der Waals surface area contributed by atoms with Crippen molar-refractivity contribution in [3.63, 3.8) is 0 Å². The van der Waals surface area contributed by atoms with Crippen molar-refractivity contribution in [2.75, 3.05) is 0 Å². The van der Waals surface area contributed by atoms with E-state index in [9.17, 15) is 10.5 Å². The number of fused-ring (bicyclic) bond motifs is 6. The van der Waals surface area contributed by atoms with Crippen LogP contribution in [-0.2, 0) is 10.8 Å². The van der Waals surface area contributed by atoms with Crippen LogP contribution in [0.15, 0.2) is 164 Å². The molecule has 0 amide bonds. The van der Waals surface area contributed by atoms with Gasteiger partial charge in [0.2, 0.25) is 0 Å². The molecule has 0 radical (unpaired) electrons. The van der Waals surface area contributed by atoms with Crippen LogP contribution in [0.1, 0.15) is 63.8 Å². The topological polar surface area (TPSA) is 70.3 Å². The molecule has 0 fully saturated rings. The number of aromatic nitrogens is 3. The predicted octanol–water partition coefficient (Wildman–Crippen LogP) is 14.6. The first-order valence-electron chi connectivity index (χ1n) is 21.2. The second-order valence-electron chi connectivity index (χ2n) is 18.3. The Morgan fingerprint density at radius 1 is 0.403 bits per heavy atom. The molecule has 0 saturated heterocycles. The lowest BCUT2D eigenvalue weighted by molar-refractivity contribution is 0.591. The first kappa shape index (κ1) is 38.5. The van der Waals surface area contributed by atoms with Crippen molar-refractivity contribution in [1.82, 2.24) is 14.1 Å². The molecule has 0 N–H and O–H groups in total. The molecule has 0 spiro atoms. The molecule has 0 aliphatic rings. The van der Waals surface area contributed by atoms with Crippen molar-refractivity contribution in [3.05, 3.63) is 186 Å². The van der Waals surface area contributed by atoms with E-state index in [-0.39, 0.29) is 10.8 Å². The standard InChI is InChI=1S/C57H45N5/c1-56(2,3)41-27-29-49-45(32-41)43-21-13-15-23-47(43)61(49)54-51(38-25-26-39(34-58)40(31-38)35-59)55(53(37-19-11-8-12-20-37)60-52(54)36-17-9-7-10-18-36)62-48-24-16-14-22-44(48)46-33-42(57(4,5)6)28-30-50(46)62/h7-33H,1-6H3. The van der Waals surface area contributed by atoms with Gasteiger partial charge in [-0.15, -0.1) is 0 Å². The van der Waals surface area contributed by atoms with E-state index in [1.54, 1.807) is 6.07 Å². The van der Waals surface area contributed by atoms with Crippen LogP contribution < -0.4 is 0 Å². The first-order chi connectivity index (χ1) is 30.0. The van der Waals surface area contributed by atoms with Gasteiger partial charge in [-0.3, -0.25) is 0 Å². The van der Waals surface area contributed by atoms with Crippen molar-refractivity contribution in [3.8, 4) is 57.2 Å². The summed E-state index contributed by atoms with van der Waals surface area (Å²) in [5, 5.41) is 25.4. The van der Waals surface area contributed by atoms with Gasteiger partial charge < -0.3 is 9.13 Å². The SMILES string of the molecule is CC(C)(C)c1ccc2c(c1)c1ccccc1n2-c1c(-c2ccccc2)nc(-c2ccccc2)c(-n2c3ccccc3c3cc(C(C)(C)C)ccc32)c1-c1ccc(C#N)c(C#N)c1. The number of pyridine rings is 1. The molecule has 0 saturated carbocycles. The molecule has 0 bridgehead atoms. The van der Waals surface area contributed by atoms with Gasteiger partial charge in [0.15, 0.2) is 0 Å². The van der Waals surface area contributed by atoms with Crippen LogP contribution >= 0.6 is 0 Å². The number of hydrogen-bond donors (Lipinski definition) is 0. The van der Waals surface area contributed by atoms with Crippen LogP contribution in [0, 0.1) is 22.7 Å². The number of hydrogen-bond acceptors (Lipinski definition) is 3. The van der Waals surface area contributed by atoms with Gasteiger partial charge in [0, 0.05) is 38.2 Å². The van der Waals surface area contributed by atoms with E-state index in [4.69, 9.17) is 4.98 Å². The Labute approximate surface area is 362 Å². The molecule has 10 aromatic rings. The molecule has 7 aromatic carbocycles. The number of para-hydroxylation sites is 2. The van der Waals surface area contributed by atoms with E-state index in [2.05, 4.69) is 196 Å². The quantitative estimate of drug-likeness (QED) is 0.174. The summed E-state index contributed by atoms with van der Waals surface area (Å²) in [6, 6.07) is 62.1. The van der Waals surface area contributed by atoms with Crippen molar-refractivity contribution in [2.24, 2.45) is 0 Å². The van der Waals surface area contributed by atoms with E-state index in [0.29, 0.717) is 11.1 Å². The molecule has 62 heavy (non-hydrogen) atoms. The minimum atomic E-state index is -0.0661. The fraction of sp³-hybridized carbons (Fsp3) is 0.140. The lowest BCUT2D eigenvalue weighted by Gasteiger charge is -2.26. The lowest BCUT2D eigenvalue weighted by atomic mass is 9.86. The van der Waals surface area contributed by atoms with Crippen LogP contribution in [-0.4, -0.2) is 14.1 Å². The fourth-order valence-corrected chi connectivity index (χ4v) is 9.12. The fourth-order valence-electron chi connectivity index (χ4n) is 9.12. The Kier molecular flexibility index (Phi) is 8.98. The highest BCUT2D eigenvalue weighted by atomic mass is 15.1. The van der Waals surface area contributed by atoms with Gasteiger partial charge in [-0.05, 0) is 76.1 Å². The van der Waals surface area contributed by atoms with Crippen LogP contribution in [0.5, 0.6) is 0 Å². The molecule has 10 rings (SSSR count). The third kappa shape index (κ3) is 6.17. The second kappa shape index (κ2) is 14.5. The molecule has 298 valence electrons. The zero-order valence-electron chi connectivity index (χ0n) is 35.8. The van der Waals surface area contributed by atoms with Crippen LogP contribution in [0.4, 0.5) is 0 Å². The van der Waals surface area contributed by atoms with Crippen molar-refractivity contribution < 1.29 is 0 Å². The molecular formula is C57H45N5. The van der Waals surface area contributed by atoms with Gasteiger partial charge in [-0.2, -0.15) is 10.5 Å². The zero-order chi connectivity index (χ0) is 42.9. The minimum Gasteiger partial charge on any atom is -0.306 e. The molecule has 0 aliphatic carbocycles. The maximum absolute atomic E-state index is 10.6. The normalized spacial score (nSPS) is 12.0. The average Bonchev–Trinajstić information content (AvgIpc) is 3.80. The Morgan fingerprint density at radius 2 is 0.823 bits per heavy atom. The summed E-state index contributed by atoms with van der Waals surface area (Å²) in [7, 11) is 0. The number of nitrogens with zero attached hydrogens (tertiary/aromatic N) is 5. The highest BCUT2D eigenvalue weighted by Crippen LogP contribution is 2.49. The molecular weight excluding hydrogens is 755 g/mol. The van der Waals surface area contributed by atoms with Gasteiger partial charge in [0.25, 0.3) is 0 Å². The molecule has 0 aliphatic heterocycles. The maximum Gasteiger partial charge on any atom is 0.101 e. The third-order valence-corrected chi connectivity index (χ3v) is 12.3. The lowest BCUT2D eigenvalue weighted by Crippen LogP contribution is -2.12. The summed E-state index contributed by atoms with van der Waals surface area (Å²) < 4.78 is 4.77. The Bertz CT molecular complexity index is 3290. The van der Waals surface area contributed by atoms with Crippen molar-refractivity contribution >= 4 is 43.6 Å². The third-order valence-electron chi connectivity index (χ3n) is 12.3. The summed E-state index contributed by atoms with van der Waals surface area (Å²) in [4.78, 5) is 5.87. The zero-order valence-corrected chi connectivity index (χ0v) is 35.8. The summed E-state index contributed by atoms with van der Waals surface area (Å²) >= 11 is 0. The predicted molar refractivity (Wildman–Crippen MR) is 256 cm³/mol. The van der Waals surface area contributed by atoms with Gasteiger partial charge in [0.05, 0.1) is 56.0 Å². The highest BCUT2D eigenvalue weighted by Gasteiger charge is 2.31. The van der Waals surface area contributed by atoms with Gasteiger partial charge in [-0.25, -0.2) is 4.98 Å². The highest BCUT2D eigenvalue weighted by molar-refractivity contribution is 6.14. The van der Waals surface area contributed by atoms with E-state index >= 15 is 0 Å². The molecule has 5 nitrogen and oxygen atoms in total. The first-order valence-corrected chi connectivity index (χ1v) is 21.2. The average molecular weight is 800 g/mol. The number of benzene rings is 7. The largest absolute Gasteiger partial charge is 0.306 e.